The molecule has 9 heteroatoms. The van der Waals surface area contributed by atoms with Gasteiger partial charge in [-0.05, 0) is 36.9 Å². The summed E-state index contributed by atoms with van der Waals surface area (Å²) in [6, 6.07) is -1.37. The predicted molar refractivity (Wildman–Crippen MR) is 77.2 cm³/mol. The van der Waals surface area contributed by atoms with Crippen LogP contribution >= 0.6 is 23.5 Å². The maximum absolute atomic E-state index is 10.1. The van der Waals surface area contributed by atoms with Crippen LogP contribution in [0.1, 0.15) is 12.8 Å². The van der Waals surface area contributed by atoms with Gasteiger partial charge < -0.3 is 21.7 Å². The van der Waals surface area contributed by atoms with Gasteiger partial charge in [-0.2, -0.15) is 23.5 Å². The third-order valence-corrected chi connectivity index (χ3v) is 3.19. The van der Waals surface area contributed by atoms with Crippen molar-refractivity contribution in [2.75, 3.05) is 24.0 Å². The number of carboxylic acid groups (broad SMARTS) is 2. The van der Waals surface area contributed by atoms with Gasteiger partial charge in [-0.1, -0.05) is 0 Å². The fourth-order valence-corrected chi connectivity index (χ4v) is 1.72. The second-order valence-corrected chi connectivity index (χ2v) is 5.42. The first-order valence-electron chi connectivity index (χ1n) is 5.31. The van der Waals surface area contributed by atoms with Gasteiger partial charge in [0.05, 0.1) is 0 Å². The molecule has 0 fully saturated rings. The van der Waals surface area contributed by atoms with E-state index in [2.05, 4.69) is 0 Å². The van der Waals surface area contributed by atoms with E-state index < -0.39 is 24.0 Å². The van der Waals surface area contributed by atoms with Gasteiger partial charge in [0.2, 0.25) is 0 Å². The van der Waals surface area contributed by atoms with Crippen LogP contribution in [0.5, 0.6) is 0 Å². The Morgan fingerprint density at radius 2 is 1.21 bits per heavy atom. The van der Waals surface area contributed by atoms with Gasteiger partial charge >= 0.3 is 11.9 Å². The molecule has 0 aromatic heterocycles. The Bertz CT molecular complexity index is 224. The first kappa shape index (κ1) is 24.2. The van der Waals surface area contributed by atoms with Crippen LogP contribution in [0.2, 0.25) is 0 Å². The predicted octanol–water partition coefficient (Wildman–Crippen LogP) is 0.300. The van der Waals surface area contributed by atoms with Gasteiger partial charge in [0.1, 0.15) is 12.1 Å². The van der Waals surface area contributed by atoms with Gasteiger partial charge in [0, 0.05) is 19.5 Å². The molecule has 0 aromatic rings. The summed E-state index contributed by atoms with van der Waals surface area (Å²) in [5, 5.41) is 16.5. The number of nitrogens with two attached hydrogens (primary N) is 2. The molecule has 0 rings (SSSR count). The molecule has 0 aliphatic rings. The van der Waals surface area contributed by atoms with Crippen molar-refractivity contribution < 1.29 is 39.3 Å². The maximum atomic E-state index is 10.1. The quantitative estimate of drug-likeness (QED) is 0.453. The normalized spacial score (nSPS) is 12.4. The zero-order valence-electron chi connectivity index (χ0n) is 11.4. The minimum atomic E-state index is -0.913. The van der Waals surface area contributed by atoms with E-state index in [-0.39, 0.29) is 19.5 Å². The molecule has 0 aromatic carbocycles. The summed E-state index contributed by atoms with van der Waals surface area (Å²) in [6.45, 7) is 0. The Labute approximate surface area is 135 Å². The third-order valence-electron chi connectivity index (χ3n) is 1.90. The zero-order valence-corrected chi connectivity index (χ0v) is 16.0. The van der Waals surface area contributed by atoms with Gasteiger partial charge in [-0.3, -0.25) is 9.59 Å². The van der Waals surface area contributed by atoms with Crippen LogP contribution in [0.3, 0.4) is 0 Å². The minimum absolute atomic E-state index is 0. The molecule has 0 heterocycles. The average Bonchev–Trinajstić information content (AvgIpc) is 2.33. The zero-order chi connectivity index (χ0) is 14.6. The van der Waals surface area contributed by atoms with Crippen LogP contribution in [0.25, 0.3) is 0 Å². The van der Waals surface area contributed by atoms with Crippen LogP contribution in [0, 0.1) is 0 Å². The summed E-state index contributed by atoms with van der Waals surface area (Å²) in [7, 11) is 0. The van der Waals surface area contributed by atoms with Crippen LogP contribution in [0.4, 0.5) is 0 Å². The second kappa shape index (κ2) is 16.2. The molecule has 2 atom stereocenters. The van der Waals surface area contributed by atoms with Crippen molar-refractivity contribution in [3.63, 3.8) is 0 Å². The molecule has 0 amide bonds. The molecule has 6 N–H and O–H groups in total. The van der Waals surface area contributed by atoms with E-state index in [1.165, 1.54) is 0 Å². The topological polar surface area (TPSA) is 127 Å². The number of hydrogen-bond acceptors (Lipinski definition) is 6. The molecular formula is C10H22N2O4S2Zn. The van der Waals surface area contributed by atoms with E-state index in [1.807, 2.05) is 12.5 Å². The van der Waals surface area contributed by atoms with Gasteiger partial charge in [0.25, 0.3) is 0 Å². The van der Waals surface area contributed by atoms with E-state index in [1.54, 1.807) is 23.5 Å². The molecule has 0 spiro atoms. The third kappa shape index (κ3) is 18.2. The summed E-state index contributed by atoms with van der Waals surface area (Å²) in [5.74, 6) is -0.200. The first-order valence-corrected chi connectivity index (χ1v) is 8.10. The Morgan fingerprint density at radius 1 is 0.947 bits per heavy atom. The summed E-state index contributed by atoms with van der Waals surface area (Å²) in [5.41, 5.74) is 10.4. The van der Waals surface area contributed by atoms with E-state index in [0.717, 1.165) is 11.5 Å². The molecule has 19 heavy (non-hydrogen) atoms. The van der Waals surface area contributed by atoms with E-state index in [0.29, 0.717) is 12.8 Å². The van der Waals surface area contributed by atoms with Crippen molar-refractivity contribution in [1.82, 2.24) is 0 Å². The molecule has 0 bridgehead atoms. The van der Waals surface area contributed by atoms with Crippen LogP contribution in [0.15, 0.2) is 0 Å². The molecule has 6 nitrogen and oxygen atoms in total. The Kier molecular flexibility index (Phi) is 20.7. The van der Waals surface area contributed by atoms with Crippen molar-refractivity contribution in [1.29, 1.82) is 0 Å². The number of hydrogen-bond donors (Lipinski definition) is 4. The Morgan fingerprint density at radius 3 is 1.37 bits per heavy atom. The number of aliphatic carboxylic acids is 2. The van der Waals surface area contributed by atoms with Crippen molar-refractivity contribution >= 4 is 35.5 Å². The molecule has 0 radical (unpaired) electrons. The average molecular weight is 364 g/mol. The first-order chi connectivity index (χ1) is 8.36. The fraction of sp³-hybridized carbons (Fsp3) is 0.800. The van der Waals surface area contributed by atoms with E-state index in [4.69, 9.17) is 21.7 Å². The molecule has 0 saturated heterocycles. The van der Waals surface area contributed by atoms with Gasteiger partial charge in [-0.15, -0.1) is 0 Å². The number of carbonyl (C=O) groups is 2. The van der Waals surface area contributed by atoms with Crippen LogP contribution in [-0.4, -0.2) is 58.3 Å². The van der Waals surface area contributed by atoms with E-state index in [9.17, 15) is 9.59 Å². The monoisotopic (exact) mass is 362 g/mol. The Hall–Kier alpha value is 0.183. The molecule has 0 saturated carbocycles. The van der Waals surface area contributed by atoms with Gasteiger partial charge in [-0.25, -0.2) is 0 Å². The van der Waals surface area contributed by atoms with E-state index >= 15 is 0 Å². The summed E-state index contributed by atoms with van der Waals surface area (Å²) >= 11 is 3.21. The minimum Gasteiger partial charge on any atom is -0.480 e. The molecule has 2 unspecified atom stereocenters. The second-order valence-electron chi connectivity index (χ2n) is 3.45. The Balaban J connectivity index is -0.000000256. The van der Waals surface area contributed by atoms with Crippen molar-refractivity contribution in [2.24, 2.45) is 11.5 Å². The fourth-order valence-electron chi connectivity index (χ4n) is 0.737. The van der Waals surface area contributed by atoms with Crippen molar-refractivity contribution in [3.05, 3.63) is 0 Å². The van der Waals surface area contributed by atoms with Crippen LogP contribution < -0.4 is 11.5 Å². The summed E-state index contributed by atoms with van der Waals surface area (Å²) in [4.78, 5) is 20.1. The molecule has 110 valence electrons. The van der Waals surface area contributed by atoms with Crippen LogP contribution in [-0.2, 0) is 29.1 Å². The van der Waals surface area contributed by atoms with Crippen molar-refractivity contribution in [2.45, 2.75) is 24.9 Å². The summed E-state index contributed by atoms with van der Waals surface area (Å²) < 4.78 is 0. The van der Waals surface area contributed by atoms with Gasteiger partial charge in [0.15, 0.2) is 0 Å². The summed E-state index contributed by atoms with van der Waals surface area (Å²) in [6.07, 6.45) is 4.95. The van der Waals surface area contributed by atoms with Crippen molar-refractivity contribution in [3.8, 4) is 0 Å². The number of carboxylic acids is 2. The largest absolute Gasteiger partial charge is 0.480 e. The maximum Gasteiger partial charge on any atom is 0.320 e. The molecular weight excluding hydrogens is 342 g/mol. The standard InChI is InChI=1S/2C5H11NO2S.Zn/c2*1-9-3-2-4(6)5(7)8;/h2*4H,2-3,6H2,1H3,(H,7,8);. The number of thioether (sulfide) groups is 2. The molecule has 0 aliphatic heterocycles. The SMILES string of the molecule is CSCCC(N)C(=O)O.CSCCC(N)C(=O)O.[Zn]. The number of rotatable bonds is 8. The smallest absolute Gasteiger partial charge is 0.320 e. The molecule has 0 aliphatic carbocycles.